The number of methoxy groups -OCH3 is 1. The van der Waals surface area contributed by atoms with Gasteiger partial charge in [0, 0.05) is 11.3 Å². The van der Waals surface area contributed by atoms with Crippen molar-refractivity contribution in [3.05, 3.63) is 78.3 Å². The van der Waals surface area contributed by atoms with Gasteiger partial charge in [-0.1, -0.05) is 18.2 Å². The monoisotopic (exact) mass is 371 g/mol. The fraction of sp³-hybridized carbons (Fsp3) is 0.105. The van der Waals surface area contributed by atoms with Gasteiger partial charge in [0.05, 0.1) is 24.0 Å². The highest BCUT2D eigenvalue weighted by molar-refractivity contribution is 7.90. The lowest BCUT2D eigenvalue weighted by Crippen LogP contribution is -2.14. The van der Waals surface area contributed by atoms with Crippen LogP contribution in [-0.2, 0) is 15.6 Å². The predicted molar refractivity (Wildman–Crippen MR) is 97.0 cm³/mol. The van der Waals surface area contributed by atoms with Gasteiger partial charge < -0.3 is 14.5 Å². The number of anilines is 1. The molecule has 0 atom stereocenters. The van der Waals surface area contributed by atoms with Gasteiger partial charge in [-0.05, 0) is 42.5 Å². The lowest BCUT2D eigenvalue weighted by molar-refractivity contribution is 0.0996. The van der Waals surface area contributed by atoms with E-state index in [2.05, 4.69) is 5.32 Å². The first-order valence-corrected chi connectivity index (χ1v) is 9.44. The van der Waals surface area contributed by atoms with Crippen molar-refractivity contribution < 1.29 is 22.4 Å². The molecular formula is C19H17NO5S. The molecule has 0 bridgehead atoms. The van der Waals surface area contributed by atoms with Crippen molar-refractivity contribution in [2.75, 3.05) is 12.4 Å². The summed E-state index contributed by atoms with van der Waals surface area (Å²) in [5, 5.41) is 2.68. The number of sulfone groups is 1. The Balaban J connectivity index is 1.78. The van der Waals surface area contributed by atoms with Crippen molar-refractivity contribution in [2.24, 2.45) is 0 Å². The average Bonchev–Trinajstić information content (AvgIpc) is 3.10. The molecule has 0 radical (unpaired) electrons. The van der Waals surface area contributed by atoms with Crippen LogP contribution in [0.2, 0.25) is 0 Å². The molecular weight excluding hydrogens is 354 g/mol. The van der Waals surface area contributed by atoms with E-state index in [0.29, 0.717) is 17.0 Å². The molecule has 0 aliphatic heterocycles. The van der Waals surface area contributed by atoms with E-state index in [1.54, 1.807) is 49.6 Å². The van der Waals surface area contributed by atoms with Crippen molar-refractivity contribution in [1.82, 2.24) is 0 Å². The number of rotatable bonds is 6. The fourth-order valence-electron chi connectivity index (χ4n) is 2.43. The number of carbonyl (C=O) groups excluding carboxylic acids is 1. The Morgan fingerprint density at radius 3 is 2.38 bits per heavy atom. The molecule has 0 aliphatic carbocycles. The molecule has 0 fully saturated rings. The molecule has 3 aromatic rings. The highest BCUT2D eigenvalue weighted by Gasteiger charge is 2.22. The van der Waals surface area contributed by atoms with Crippen molar-refractivity contribution >= 4 is 21.4 Å². The van der Waals surface area contributed by atoms with Gasteiger partial charge in [0.2, 0.25) is 0 Å². The summed E-state index contributed by atoms with van der Waals surface area (Å²) in [6.45, 7) is 0. The second-order valence-electron chi connectivity index (χ2n) is 5.53. The molecule has 0 saturated heterocycles. The highest BCUT2D eigenvalue weighted by Crippen LogP contribution is 2.21. The van der Waals surface area contributed by atoms with Gasteiger partial charge in [0.1, 0.15) is 5.75 Å². The van der Waals surface area contributed by atoms with E-state index < -0.39 is 15.7 Å². The molecule has 1 heterocycles. The van der Waals surface area contributed by atoms with E-state index in [-0.39, 0.29) is 16.4 Å². The fourth-order valence-corrected chi connectivity index (χ4v) is 3.80. The molecule has 7 heteroatoms. The molecule has 26 heavy (non-hydrogen) atoms. The molecule has 0 aliphatic rings. The van der Waals surface area contributed by atoms with Gasteiger partial charge in [-0.15, -0.1) is 0 Å². The molecule has 3 rings (SSSR count). The standard InChI is InChI=1S/C19H17NO5S/c1-24-16-9-7-15(8-10-16)20-19(21)18-14(11-12-25-18)13-26(22,23)17-5-3-2-4-6-17/h2-12H,13H2,1H3,(H,20,21). The maximum Gasteiger partial charge on any atom is 0.291 e. The Hall–Kier alpha value is -3.06. The molecule has 0 saturated carbocycles. The van der Waals surface area contributed by atoms with E-state index in [1.807, 2.05) is 0 Å². The summed E-state index contributed by atoms with van der Waals surface area (Å²) in [5.74, 6) is -0.201. The topological polar surface area (TPSA) is 85.6 Å². The summed E-state index contributed by atoms with van der Waals surface area (Å²) in [4.78, 5) is 12.6. The van der Waals surface area contributed by atoms with E-state index in [1.165, 1.54) is 24.5 Å². The van der Waals surface area contributed by atoms with Gasteiger partial charge in [-0.25, -0.2) is 8.42 Å². The Kier molecular flexibility index (Phi) is 5.09. The first-order chi connectivity index (χ1) is 12.5. The number of ether oxygens (including phenoxy) is 1. The Morgan fingerprint density at radius 2 is 1.73 bits per heavy atom. The first kappa shape index (κ1) is 17.8. The van der Waals surface area contributed by atoms with E-state index in [4.69, 9.17) is 9.15 Å². The Bertz CT molecular complexity index is 992. The number of benzene rings is 2. The van der Waals surface area contributed by atoms with Crippen LogP contribution >= 0.6 is 0 Å². The SMILES string of the molecule is COc1ccc(NC(=O)c2occc2CS(=O)(=O)c2ccccc2)cc1. The molecule has 0 spiro atoms. The summed E-state index contributed by atoms with van der Waals surface area (Å²) >= 11 is 0. The summed E-state index contributed by atoms with van der Waals surface area (Å²) in [6, 6.07) is 16.4. The van der Waals surface area contributed by atoms with E-state index in [0.717, 1.165) is 0 Å². The summed E-state index contributed by atoms with van der Waals surface area (Å²) in [6.07, 6.45) is 1.30. The smallest absolute Gasteiger partial charge is 0.291 e. The first-order valence-electron chi connectivity index (χ1n) is 7.79. The van der Waals surface area contributed by atoms with Gasteiger partial charge in [0.25, 0.3) is 5.91 Å². The van der Waals surface area contributed by atoms with Crippen LogP contribution < -0.4 is 10.1 Å². The van der Waals surface area contributed by atoms with Crippen LogP contribution in [0.5, 0.6) is 5.75 Å². The second-order valence-corrected chi connectivity index (χ2v) is 7.52. The predicted octanol–water partition coefficient (Wildman–Crippen LogP) is 3.51. The van der Waals surface area contributed by atoms with Crippen LogP contribution in [0.15, 0.2) is 76.2 Å². The minimum Gasteiger partial charge on any atom is -0.497 e. The Labute approximate surface area is 151 Å². The molecule has 0 unspecified atom stereocenters. The van der Waals surface area contributed by atoms with Crippen LogP contribution in [0.25, 0.3) is 0 Å². The number of furan rings is 1. The van der Waals surface area contributed by atoms with Gasteiger partial charge in [-0.2, -0.15) is 0 Å². The third kappa shape index (κ3) is 3.94. The molecule has 134 valence electrons. The average molecular weight is 371 g/mol. The molecule has 1 amide bonds. The van der Waals surface area contributed by atoms with E-state index >= 15 is 0 Å². The summed E-state index contributed by atoms with van der Waals surface area (Å²) in [5.41, 5.74) is 0.851. The van der Waals surface area contributed by atoms with Gasteiger partial charge >= 0.3 is 0 Å². The van der Waals surface area contributed by atoms with Gasteiger partial charge in [-0.3, -0.25) is 4.79 Å². The normalized spacial score (nSPS) is 11.1. The van der Waals surface area contributed by atoms with Gasteiger partial charge in [0.15, 0.2) is 15.6 Å². The number of carbonyl (C=O) groups is 1. The lowest BCUT2D eigenvalue weighted by Gasteiger charge is -2.07. The molecule has 1 N–H and O–H groups in total. The van der Waals surface area contributed by atoms with Crippen molar-refractivity contribution in [3.8, 4) is 5.75 Å². The molecule has 2 aromatic carbocycles. The third-order valence-electron chi connectivity index (χ3n) is 3.75. The lowest BCUT2D eigenvalue weighted by atomic mass is 10.2. The van der Waals surface area contributed by atoms with Crippen LogP contribution in [0.4, 0.5) is 5.69 Å². The molecule has 6 nitrogen and oxygen atoms in total. The minimum atomic E-state index is -3.58. The number of hydrogen-bond donors (Lipinski definition) is 1. The zero-order valence-corrected chi connectivity index (χ0v) is 14.8. The highest BCUT2D eigenvalue weighted by atomic mass is 32.2. The zero-order valence-electron chi connectivity index (χ0n) is 14.0. The van der Waals surface area contributed by atoms with Crippen LogP contribution in [0, 0.1) is 0 Å². The van der Waals surface area contributed by atoms with E-state index in [9.17, 15) is 13.2 Å². The number of hydrogen-bond acceptors (Lipinski definition) is 5. The zero-order chi connectivity index (χ0) is 18.6. The number of nitrogens with one attached hydrogen (secondary N) is 1. The maximum absolute atomic E-state index is 12.5. The van der Waals surface area contributed by atoms with Crippen LogP contribution in [-0.4, -0.2) is 21.4 Å². The van der Waals surface area contributed by atoms with Crippen molar-refractivity contribution in [2.45, 2.75) is 10.6 Å². The van der Waals surface area contributed by atoms with Crippen molar-refractivity contribution in [1.29, 1.82) is 0 Å². The van der Waals surface area contributed by atoms with Crippen molar-refractivity contribution in [3.63, 3.8) is 0 Å². The van der Waals surface area contributed by atoms with Crippen LogP contribution in [0.1, 0.15) is 16.1 Å². The Morgan fingerprint density at radius 1 is 1.04 bits per heavy atom. The summed E-state index contributed by atoms with van der Waals surface area (Å²) in [7, 11) is -2.03. The number of amides is 1. The minimum absolute atomic E-state index is 0.0275. The maximum atomic E-state index is 12.5. The third-order valence-corrected chi connectivity index (χ3v) is 5.43. The summed E-state index contributed by atoms with van der Waals surface area (Å²) < 4.78 is 35.3. The van der Waals surface area contributed by atoms with Crippen LogP contribution in [0.3, 0.4) is 0 Å². The molecule has 1 aromatic heterocycles. The second kappa shape index (κ2) is 7.45. The quantitative estimate of drug-likeness (QED) is 0.717. The largest absolute Gasteiger partial charge is 0.497 e.